The monoisotopic (exact) mass is 493 g/mol. The molecule has 0 saturated carbocycles. The van der Waals surface area contributed by atoms with Crippen molar-refractivity contribution in [2.24, 2.45) is 0 Å². The zero-order valence-corrected chi connectivity index (χ0v) is 19.6. The first-order chi connectivity index (χ1) is 16.9. The highest BCUT2D eigenvalue weighted by molar-refractivity contribution is 6.00. The molecule has 0 bridgehead atoms. The molecule has 35 heavy (non-hydrogen) atoms. The fourth-order valence-corrected chi connectivity index (χ4v) is 4.27. The van der Waals surface area contributed by atoms with Gasteiger partial charge >= 0.3 is 17.9 Å². The third kappa shape index (κ3) is 4.81. The van der Waals surface area contributed by atoms with E-state index < -0.39 is 54.8 Å². The fourth-order valence-electron chi connectivity index (χ4n) is 4.27. The Balaban J connectivity index is 1.77. The van der Waals surface area contributed by atoms with Gasteiger partial charge in [-0.05, 0) is 0 Å². The average Bonchev–Trinajstić information content (AvgIpc) is 3.31. The lowest BCUT2D eigenvalue weighted by molar-refractivity contribution is -0.351. The van der Waals surface area contributed by atoms with Crippen LogP contribution >= 0.6 is 0 Å². The Hall–Kier alpha value is -3.23. The van der Waals surface area contributed by atoms with Crippen LogP contribution < -0.4 is 11.0 Å². The maximum absolute atomic E-state index is 12.8. The number of rotatable bonds is 6. The first kappa shape index (κ1) is 24.9. The van der Waals surface area contributed by atoms with Gasteiger partial charge in [0.15, 0.2) is 30.1 Å². The molecule has 6 atom stereocenters. The van der Waals surface area contributed by atoms with Crippen molar-refractivity contribution >= 4 is 17.9 Å². The lowest BCUT2D eigenvalue weighted by atomic mass is 9.93. The number of hydrazine groups is 2. The van der Waals surface area contributed by atoms with Gasteiger partial charge < -0.3 is 33.2 Å². The summed E-state index contributed by atoms with van der Waals surface area (Å²) in [5.41, 5.74) is 5.79. The van der Waals surface area contributed by atoms with Crippen LogP contribution in [0.1, 0.15) is 18.8 Å². The molecule has 13 nitrogen and oxygen atoms in total. The van der Waals surface area contributed by atoms with E-state index in [1.165, 1.54) is 33.3 Å². The average molecular weight is 493 g/mol. The van der Waals surface area contributed by atoms with Gasteiger partial charge in [0.2, 0.25) is 0 Å². The quantitative estimate of drug-likeness (QED) is 0.394. The molecule has 2 N–H and O–H groups in total. The highest BCUT2D eigenvalue weighted by Crippen LogP contribution is 2.38. The van der Waals surface area contributed by atoms with Gasteiger partial charge in [-0.15, -0.1) is 5.53 Å². The molecule has 13 heteroatoms. The number of methoxy groups -OCH3 is 3. The molecule has 1 aromatic rings. The molecule has 3 aliphatic heterocycles. The van der Waals surface area contributed by atoms with Crippen LogP contribution in [0.3, 0.4) is 0 Å². The number of fused-ring (bicyclic) bond motifs is 1. The largest absolute Gasteiger partial charge is 0.464 e. The zero-order valence-electron chi connectivity index (χ0n) is 19.6. The number of benzene rings is 1. The Labute approximate surface area is 201 Å². The van der Waals surface area contributed by atoms with E-state index in [2.05, 4.69) is 11.0 Å². The van der Waals surface area contributed by atoms with Gasteiger partial charge in [-0.1, -0.05) is 30.3 Å². The summed E-state index contributed by atoms with van der Waals surface area (Å²) in [6.07, 6.45) is -4.36. The highest BCUT2D eigenvalue weighted by Gasteiger charge is 2.56. The van der Waals surface area contributed by atoms with Crippen LogP contribution in [0.4, 0.5) is 0 Å². The van der Waals surface area contributed by atoms with Crippen molar-refractivity contribution in [3.8, 4) is 0 Å². The lowest BCUT2D eigenvalue weighted by Crippen LogP contribution is -2.69. The summed E-state index contributed by atoms with van der Waals surface area (Å²) in [5.74, 6) is -2.26. The van der Waals surface area contributed by atoms with Gasteiger partial charge in [0.1, 0.15) is 18.2 Å². The fraction of sp³-hybridized carbons (Fsp3) is 0.500. The summed E-state index contributed by atoms with van der Waals surface area (Å²) in [6, 6.07) is 8.31. The molecule has 2 fully saturated rings. The van der Waals surface area contributed by atoms with Crippen molar-refractivity contribution in [1.82, 2.24) is 16.0 Å². The summed E-state index contributed by atoms with van der Waals surface area (Å²) in [7, 11) is 3.74. The third-order valence-corrected chi connectivity index (χ3v) is 5.76. The van der Waals surface area contributed by atoms with Gasteiger partial charge in [0, 0.05) is 19.6 Å². The summed E-state index contributed by atoms with van der Waals surface area (Å²) in [5, 5.41) is 1.31. The van der Waals surface area contributed by atoms with E-state index in [9.17, 15) is 14.4 Å². The van der Waals surface area contributed by atoms with E-state index in [1.807, 2.05) is 30.3 Å². The van der Waals surface area contributed by atoms with Gasteiger partial charge in [-0.3, -0.25) is 15.2 Å². The maximum Gasteiger partial charge on any atom is 0.358 e. The minimum absolute atomic E-state index is 0.121. The van der Waals surface area contributed by atoms with Crippen LogP contribution in [-0.2, 0) is 47.5 Å². The molecule has 0 spiro atoms. The van der Waals surface area contributed by atoms with E-state index in [-0.39, 0.29) is 18.0 Å². The van der Waals surface area contributed by atoms with E-state index >= 15 is 0 Å². The summed E-state index contributed by atoms with van der Waals surface area (Å²) < 4.78 is 38.9. The number of esters is 3. The molecule has 4 rings (SSSR count). The summed E-state index contributed by atoms with van der Waals surface area (Å²) in [6.45, 7) is 1.36. The van der Waals surface area contributed by atoms with Crippen LogP contribution in [-0.4, -0.2) is 81.5 Å². The normalized spacial score (nSPS) is 30.2. The van der Waals surface area contributed by atoms with Crippen molar-refractivity contribution in [3.63, 3.8) is 0 Å². The first-order valence-electron chi connectivity index (χ1n) is 10.8. The van der Waals surface area contributed by atoms with Gasteiger partial charge in [0.05, 0.1) is 20.8 Å². The number of carbonyl (C=O) groups excluding carboxylic acids is 3. The molecule has 0 radical (unpaired) electrons. The standard InChI is InChI=1S/C22H27N3O10/c1-11(26)33-18-16(25-15(20(28)30-3)14(23-24-25)19(27)29-2)17-13(34-22(18)31-4)10-32-21(35-17)12-8-6-5-7-9-12/h5-9,13,16-18,21-24H,10H2,1-4H3/t13-,16-,17-,18+,21?,22+/m1/s1. The first-order valence-corrected chi connectivity index (χ1v) is 10.8. The van der Waals surface area contributed by atoms with E-state index in [1.54, 1.807) is 0 Å². The number of carbonyl (C=O) groups is 3. The van der Waals surface area contributed by atoms with Crippen LogP contribution in [0.5, 0.6) is 0 Å². The smallest absolute Gasteiger partial charge is 0.358 e. The topological polar surface area (TPSA) is 143 Å². The molecule has 0 aromatic heterocycles. The lowest BCUT2D eigenvalue weighted by Gasteiger charge is -2.51. The number of nitrogens with one attached hydrogen (secondary N) is 2. The van der Waals surface area contributed by atoms with E-state index in [4.69, 9.17) is 33.2 Å². The van der Waals surface area contributed by atoms with Crippen molar-refractivity contribution < 1.29 is 47.5 Å². The Bertz CT molecular complexity index is 987. The number of ether oxygens (including phenoxy) is 7. The molecule has 0 amide bonds. The summed E-state index contributed by atoms with van der Waals surface area (Å²) >= 11 is 0. The number of hydrogen-bond acceptors (Lipinski definition) is 13. The second kappa shape index (κ2) is 10.6. The molecule has 2 saturated heterocycles. The van der Waals surface area contributed by atoms with E-state index in [0.29, 0.717) is 0 Å². The Kier molecular flexibility index (Phi) is 7.52. The third-order valence-electron chi connectivity index (χ3n) is 5.76. The molecule has 3 heterocycles. The molecule has 1 unspecified atom stereocenters. The molecular formula is C22H27N3O10. The summed E-state index contributed by atoms with van der Waals surface area (Å²) in [4.78, 5) is 37.2. The molecule has 1 aromatic carbocycles. The Morgan fingerprint density at radius 3 is 2.37 bits per heavy atom. The minimum atomic E-state index is -1.08. The van der Waals surface area contributed by atoms with E-state index in [0.717, 1.165) is 5.56 Å². The Morgan fingerprint density at radius 2 is 1.74 bits per heavy atom. The minimum Gasteiger partial charge on any atom is -0.464 e. The van der Waals surface area contributed by atoms with Crippen LogP contribution in [0.25, 0.3) is 0 Å². The van der Waals surface area contributed by atoms with Crippen LogP contribution in [0.2, 0.25) is 0 Å². The highest BCUT2D eigenvalue weighted by atomic mass is 16.8. The predicted octanol–water partition coefficient (Wildman–Crippen LogP) is -0.345. The van der Waals surface area contributed by atoms with Crippen molar-refractivity contribution in [2.45, 2.75) is 43.9 Å². The maximum atomic E-state index is 12.8. The molecular weight excluding hydrogens is 466 g/mol. The van der Waals surface area contributed by atoms with Gasteiger partial charge in [-0.25, -0.2) is 9.59 Å². The van der Waals surface area contributed by atoms with Crippen molar-refractivity contribution in [3.05, 3.63) is 47.3 Å². The van der Waals surface area contributed by atoms with Gasteiger partial charge in [0.25, 0.3) is 0 Å². The second-order valence-electron chi connectivity index (χ2n) is 7.83. The SMILES string of the molecule is COC(=O)C1=C(C(=O)OC)N([C@H]2[C@H](OC(C)=O)[C@@H](OC)O[C@@H]3COC(c4ccccc4)O[C@@H]23)NN1. The number of nitrogens with zero attached hydrogens (tertiary/aromatic N) is 1. The van der Waals surface area contributed by atoms with Crippen molar-refractivity contribution in [1.29, 1.82) is 0 Å². The predicted molar refractivity (Wildman–Crippen MR) is 114 cm³/mol. The van der Waals surface area contributed by atoms with Gasteiger partial charge in [-0.2, -0.15) is 0 Å². The molecule has 3 aliphatic rings. The second-order valence-corrected chi connectivity index (χ2v) is 7.83. The zero-order chi connectivity index (χ0) is 25.1. The molecule has 190 valence electrons. The van der Waals surface area contributed by atoms with Crippen molar-refractivity contribution in [2.75, 3.05) is 27.9 Å². The number of hydrogen-bond donors (Lipinski definition) is 2. The molecule has 0 aliphatic carbocycles. The van der Waals surface area contributed by atoms with Crippen LogP contribution in [0, 0.1) is 0 Å². The Morgan fingerprint density at radius 1 is 1.03 bits per heavy atom. The van der Waals surface area contributed by atoms with Crippen LogP contribution in [0.15, 0.2) is 41.7 Å².